The molecule has 1 atom stereocenters. The van der Waals surface area contributed by atoms with Crippen molar-refractivity contribution in [2.45, 2.75) is 10.9 Å². The van der Waals surface area contributed by atoms with E-state index in [1.165, 1.54) is 0 Å². The third-order valence-corrected chi connectivity index (χ3v) is 4.42. The van der Waals surface area contributed by atoms with Crippen LogP contribution in [0.1, 0.15) is 11.6 Å². The number of aromatic nitrogens is 1. The predicted octanol–water partition coefficient (Wildman–Crippen LogP) is 1.56. The van der Waals surface area contributed by atoms with Gasteiger partial charge in [0.25, 0.3) is 0 Å². The van der Waals surface area contributed by atoms with Crippen LogP contribution in [0, 0.1) is 0 Å². The summed E-state index contributed by atoms with van der Waals surface area (Å²) in [5, 5.41) is 0. The molecular formula is C13H14N2O2S. The summed E-state index contributed by atoms with van der Waals surface area (Å²) in [4.78, 5) is 4.18. The Morgan fingerprint density at radius 1 is 1.06 bits per heavy atom. The molecule has 0 spiro atoms. The molecule has 4 nitrogen and oxygen atoms in total. The number of hydrogen-bond donors (Lipinski definition) is 1. The number of sulfone groups is 1. The van der Waals surface area contributed by atoms with Crippen molar-refractivity contribution < 1.29 is 8.42 Å². The van der Waals surface area contributed by atoms with Gasteiger partial charge in [-0.15, -0.1) is 0 Å². The minimum Gasteiger partial charge on any atom is -0.323 e. The Morgan fingerprint density at radius 2 is 1.67 bits per heavy atom. The molecule has 5 heteroatoms. The highest BCUT2D eigenvalue weighted by atomic mass is 32.2. The second-order valence-electron chi connectivity index (χ2n) is 3.98. The highest BCUT2D eigenvalue weighted by molar-refractivity contribution is 7.91. The molecule has 2 aromatic rings. The Kier molecular flexibility index (Phi) is 3.74. The van der Waals surface area contributed by atoms with E-state index in [2.05, 4.69) is 4.98 Å². The summed E-state index contributed by atoms with van der Waals surface area (Å²) in [5.74, 6) is -0.110. The van der Waals surface area contributed by atoms with Gasteiger partial charge in [0, 0.05) is 18.4 Å². The molecule has 0 aliphatic carbocycles. The van der Waals surface area contributed by atoms with Crippen LogP contribution in [0.2, 0.25) is 0 Å². The topological polar surface area (TPSA) is 73.1 Å². The van der Waals surface area contributed by atoms with Gasteiger partial charge in [-0.2, -0.15) is 0 Å². The second kappa shape index (κ2) is 5.29. The van der Waals surface area contributed by atoms with E-state index >= 15 is 0 Å². The van der Waals surface area contributed by atoms with Gasteiger partial charge >= 0.3 is 0 Å². The lowest BCUT2D eigenvalue weighted by molar-refractivity contribution is 0.589. The molecule has 0 aliphatic rings. The Balaban J connectivity index is 2.20. The fraction of sp³-hybridized carbons (Fsp3) is 0.154. The van der Waals surface area contributed by atoms with Crippen LogP contribution >= 0.6 is 0 Å². The summed E-state index contributed by atoms with van der Waals surface area (Å²) < 4.78 is 24.2. The fourth-order valence-electron chi connectivity index (χ4n) is 1.67. The van der Waals surface area contributed by atoms with E-state index in [1.807, 2.05) is 0 Å². The second-order valence-corrected chi connectivity index (χ2v) is 6.02. The van der Waals surface area contributed by atoms with Crippen LogP contribution in [0.4, 0.5) is 0 Å². The minimum absolute atomic E-state index is 0.110. The molecule has 1 aromatic carbocycles. The van der Waals surface area contributed by atoms with Gasteiger partial charge in [0.15, 0.2) is 9.84 Å². The smallest absolute Gasteiger partial charge is 0.180 e. The van der Waals surface area contributed by atoms with Crippen LogP contribution in [-0.2, 0) is 9.84 Å². The summed E-state index contributed by atoms with van der Waals surface area (Å²) in [6.45, 7) is 0. The van der Waals surface area contributed by atoms with Crippen LogP contribution < -0.4 is 5.73 Å². The largest absolute Gasteiger partial charge is 0.323 e. The average Bonchev–Trinajstić information content (AvgIpc) is 2.40. The van der Waals surface area contributed by atoms with E-state index in [1.54, 1.807) is 54.9 Å². The van der Waals surface area contributed by atoms with Gasteiger partial charge in [0.2, 0.25) is 0 Å². The maximum Gasteiger partial charge on any atom is 0.180 e. The van der Waals surface area contributed by atoms with Crippen molar-refractivity contribution in [1.29, 1.82) is 0 Å². The van der Waals surface area contributed by atoms with Crippen LogP contribution in [0.15, 0.2) is 59.8 Å². The van der Waals surface area contributed by atoms with Crippen molar-refractivity contribution in [2.24, 2.45) is 5.73 Å². The summed E-state index contributed by atoms with van der Waals surface area (Å²) >= 11 is 0. The lowest BCUT2D eigenvalue weighted by Gasteiger charge is -2.12. The zero-order chi connectivity index (χ0) is 13.0. The molecule has 0 aliphatic heterocycles. The first-order chi connectivity index (χ1) is 8.59. The summed E-state index contributed by atoms with van der Waals surface area (Å²) in [6.07, 6.45) is 3.20. The molecule has 1 aromatic heterocycles. The van der Waals surface area contributed by atoms with E-state index in [9.17, 15) is 8.42 Å². The van der Waals surface area contributed by atoms with Crippen molar-refractivity contribution in [3.63, 3.8) is 0 Å². The first-order valence-electron chi connectivity index (χ1n) is 5.53. The summed E-state index contributed by atoms with van der Waals surface area (Å²) in [6, 6.07) is 11.2. The van der Waals surface area contributed by atoms with Crippen molar-refractivity contribution in [3.8, 4) is 0 Å². The van der Waals surface area contributed by atoms with Gasteiger partial charge in [0.1, 0.15) is 0 Å². The normalized spacial score (nSPS) is 13.2. The van der Waals surface area contributed by atoms with Gasteiger partial charge in [-0.3, -0.25) is 4.98 Å². The zero-order valence-electron chi connectivity index (χ0n) is 9.73. The highest BCUT2D eigenvalue weighted by Crippen LogP contribution is 2.17. The highest BCUT2D eigenvalue weighted by Gasteiger charge is 2.19. The molecule has 2 rings (SSSR count). The first-order valence-corrected chi connectivity index (χ1v) is 7.18. The third-order valence-electron chi connectivity index (χ3n) is 2.64. The van der Waals surface area contributed by atoms with Crippen molar-refractivity contribution >= 4 is 9.84 Å². The number of rotatable bonds is 4. The van der Waals surface area contributed by atoms with Gasteiger partial charge < -0.3 is 5.73 Å². The number of benzene rings is 1. The van der Waals surface area contributed by atoms with Crippen molar-refractivity contribution in [3.05, 3.63) is 60.4 Å². The van der Waals surface area contributed by atoms with E-state index in [0.717, 1.165) is 5.56 Å². The van der Waals surface area contributed by atoms with Crippen LogP contribution in [0.25, 0.3) is 0 Å². The van der Waals surface area contributed by atoms with Crippen molar-refractivity contribution in [2.75, 3.05) is 5.75 Å². The molecule has 0 saturated heterocycles. The zero-order valence-corrected chi connectivity index (χ0v) is 10.5. The maximum absolute atomic E-state index is 12.1. The van der Waals surface area contributed by atoms with E-state index < -0.39 is 15.9 Å². The number of nitrogens with two attached hydrogens (primary N) is 1. The molecule has 0 fully saturated rings. The van der Waals surface area contributed by atoms with E-state index in [4.69, 9.17) is 5.73 Å². The monoisotopic (exact) mass is 262 g/mol. The number of nitrogens with zero attached hydrogens (tertiary/aromatic N) is 1. The van der Waals surface area contributed by atoms with Crippen LogP contribution in [0.5, 0.6) is 0 Å². The van der Waals surface area contributed by atoms with Crippen LogP contribution in [-0.4, -0.2) is 19.2 Å². The van der Waals surface area contributed by atoms with E-state index in [0.29, 0.717) is 4.90 Å². The summed E-state index contributed by atoms with van der Waals surface area (Å²) in [7, 11) is -3.35. The van der Waals surface area contributed by atoms with Gasteiger partial charge in [-0.05, 0) is 29.8 Å². The Labute approximate surface area is 106 Å². The molecular weight excluding hydrogens is 248 g/mol. The standard InChI is InChI=1S/C13H14N2O2S/c14-13(11-6-8-15-9-7-11)10-18(16,17)12-4-2-1-3-5-12/h1-9,13H,10,14H2. The molecule has 0 amide bonds. The lowest BCUT2D eigenvalue weighted by Crippen LogP contribution is -2.21. The van der Waals surface area contributed by atoms with E-state index in [-0.39, 0.29) is 5.75 Å². The Hall–Kier alpha value is -1.72. The molecule has 0 bridgehead atoms. The minimum atomic E-state index is -3.35. The molecule has 0 radical (unpaired) electrons. The quantitative estimate of drug-likeness (QED) is 0.907. The Morgan fingerprint density at radius 3 is 2.28 bits per heavy atom. The molecule has 0 saturated carbocycles. The Bertz CT molecular complexity index is 597. The lowest BCUT2D eigenvalue weighted by atomic mass is 10.1. The molecule has 18 heavy (non-hydrogen) atoms. The SMILES string of the molecule is NC(CS(=O)(=O)c1ccccc1)c1ccncc1. The van der Waals surface area contributed by atoms with Gasteiger partial charge in [-0.25, -0.2) is 8.42 Å². The molecule has 1 heterocycles. The van der Waals surface area contributed by atoms with Crippen LogP contribution in [0.3, 0.4) is 0 Å². The molecule has 94 valence electrons. The fourth-order valence-corrected chi connectivity index (χ4v) is 3.10. The molecule has 1 unspecified atom stereocenters. The predicted molar refractivity (Wildman–Crippen MR) is 69.7 cm³/mol. The maximum atomic E-state index is 12.1. The number of pyridine rings is 1. The third kappa shape index (κ3) is 2.94. The van der Waals surface area contributed by atoms with Gasteiger partial charge in [0.05, 0.1) is 10.6 Å². The van der Waals surface area contributed by atoms with Crippen molar-refractivity contribution in [1.82, 2.24) is 4.98 Å². The first kappa shape index (κ1) is 12.7. The summed E-state index contributed by atoms with van der Waals surface area (Å²) in [5.41, 5.74) is 6.68. The van der Waals surface area contributed by atoms with Gasteiger partial charge in [-0.1, -0.05) is 18.2 Å². The number of hydrogen-bond acceptors (Lipinski definition) is 4. The average molecular weight is 262 g/mol. The molecule has 2 N–H and O–H groups in total.